The summed E-state index contributed by atoms with van der Waals surface area (Å²) in [6.07, 6.45) is 3.53. The number of rotatable bonds is 4. The van der Waals surface area contributed by atoms with E-state index in [-0.39, 0.29) is 5.69 Å². The van der Waals surface area contributed by atoms with E-state index in [0.29, 0.717) is 28.9 Å². The number of non-ortho nitro benzene ring substituents is 1. The smallest absolute Gasteiger partial charge is 0.270 e. The van der Waals surface area contributed by atoms with Crippen LogP contribution >= 0.6 is 0 Å². The highest BCUT2D eigenvalue weighted by molar-refractivity contribution is 5.83. The fourth-order valence-corrected chi connectivity index (χ4v) is 2.22. The monoisotopic (exact) mass is 259 g/mol. The van der Waals surface area contributed by atoms with E-state index in [1.807, 2.05) is 0 Å². The molecule has 0 radical (unpaired) electrons. The van der Waals surface area contributed by atoms with E-state index >= 15 is 0 Å². The Bertz CT molecular complexity index is 640. The number of aliphatic hydroxyl groups excluding tert-OH is 1. The number of fused-ring (bicyclic) bond motifs is 1. The third-order valence-corrected chi connectivity index (χ3v) is 3.48. The fraction of sp³-hybridized carbons (Fsp3) is 0.385. The molecule has 1 fully saturated rings. The van der Waals surface area contributed by atoms with Crippen LogP contribution in [0.25, 0.3) is 10.9 Å². The van der Waals surface area contributed by atoms with Gasteiger partial charge in [-0.3, -0.25) is 10.1 Å². The highest BCUT2D eigenvalue weighted by Gasteiger charge is 2.30. The van der Waals surface area contributed by atoms with E-state index in [2.05, 4.69) is 9.97 Å². The van der Waals surface area contributed by atoms with Crippen LogP contribution in [0.4, 0.5) is 5.69 Å². The van der Waals surface area contributed by atoms with Gasteiger partial charge in [-0.05, 0) is 24.8 Å². The Morgan fingerprint density at radius 3 is 2.89 bits per heavy atom. The number of benzene rings is 1. The molecule has 0 bridgehead atoms. The van der Waals surface area contributed by atoms with Crippen LogP contribution in [0.15, 0.2) is 24.5 Å². The molecule has 1 N–H and O–H groups in total. The number of aliphatic hydroxyl groups is 1. The number of nitro groups is 1. The minimum Gasteiger partial charge on any atom is -0.392 e. The van der Waals surface area contributed by atoms with Crippen molar-refractivity contribution in [2.24, 2.45) is 5.92 Å². The zero-order chi connectivity index (χ0) is 13.4. The Morgan fingerprint density at radius 2 is 2.21 bits per heavy atom. The maximum Gasteiger partial charge on any atom is 0.270 e. The van der Waals surface area contributed by atoms with Crippen LogP contribution in [0.2, 0.25) is 0 Å². The first-order valence-corrected chi connectivity index (χ1v) is 6.21. The highest BCUT2D eigenvalue weighted by Crippen LogP contribution is 2.34. The lowest BCUT2D eigenvalue weighted by atomic mass is 10.1. The minimum atomic E-state index is -0.437. The average Bonchev–Trinajstić information content (AvgIpc) is 3.22. The van der Waals surface area contributed by atoms with E-state index in [4.69, 9.17) is 0 Å². The SMILES string of the molecule is O=[N+]([O-])c1ccc2ncnc(CC(O)C3CC3)c2c1. The van der Waals surface area contributed by atoms with Crippen molar-refractivity contribution < 1.29 is 10.0 Å². The van der Waals surface area contributed by atoms with E-state index in [0.717, 1.165) is 12.8 Å². The third kappa shape index (κ3) is 2.39. The first-order chi connectivity index (χ1) is 9.15. The lowest BCUT2D eigenvalue weighted by Gasteiger charge is -2.10. The van der Waals surface area contributed by atoms with Crippen LogP contribution in [-0.4, -0.2) is 26.1 Å². The highest BCUT2D eigenvalue weighted by atomic mass is 16.6. The Balaban J connectivity index is 2.01. The molecule has 0 spiro atoms. The second kappa shape index (κ2) is 4.55. The van der Waals surface area contributed by atoms with Crippen LogP contribution in [0, 0.1) is 16.0 Å². The molecule has 0 saturated heterocycles. The standard InChI is InChI=1S/C13H13N3O3/c17-13(8-1-2-8)6-12-10-5-9(16(18)19)3-4-11(10)14-7-15-12/h3-5,7-8,13,17H,1-2,6H2. The number of aromatic nitrogens is 2. The molecule has 6 nitrogen and oxygen atoms in total. The normalized spacial score (nSPS) is 16.5. The predicted octanol–water partition coefficient (Wildman–Crippen LogP) is 1.85. The molecule has 6 heteroatoms. The maximum absolute atomic E-state index is 10.8. The predicted molar refractivity (Wildman–Crippen MR) is 68.6 cm³/mol. The van der Waals surface area contributed by atoms with Gasteiger partial charge in [-0.15, -0.1) is 0 Å². The molecule has 2 aromatic rings. The molecule has 1 aliphatic carbocycles. The Morgan fingerprint density at radius 1 is 1.42 bits per heavy atom. The van der Waals surface area contributed by atoms with Crippen LogP contribution in [0.1, 0.15) is 18.5 Å². The molecular weight excluding hydrogens is 246 g/mol. The van der Waals surface area contributed by atoms with Gasteiger partial charge < -0.3 is 5.11 Å². The first-order valence-electron chi connectivity index (χ1n) is 6.21. The van der Waals surface area contributed by atoms with Crippen molar-refractivity contribution in [1.82, 2.24) is 9.97 Å². The van der Waals surface area contributed by atoms with Gasteiger partial charge in [0.1, 0.15) is 6.33 Å². The van der Waals surface area contributed by atoms with Crippen molar-refractivity contribution in [1.29, 1.82) is 0 Å². The largest absolute Gasteiger partial charge is 0.392 e. The molecule has 98 valence electrons. The summed E-state index contributed by atoms with van der Waals surface area (Å²) in [4.78, 5) is 18.6. The van der Waals surface area contributed by atoms with Gasteiger partial charge in [0.2, 0.25) is 0 Å². The molecule has 1 aromatic heterocycles. The summed E-state index contributed by atoms with van der Waals surface area (Å²) in [7, 11) is 0. The van der Waals surface area contributed by atoms with Gasteiger partial charge in [0.15, 0.2) is 0 Å². The second-order valence-corrected chi connectivity index (χ2v) is 4.89. The average molecular weight is 259 g/mol. The van der Waals surface area contributed by atoms with Gasteiger partial charge >= 0.3 is 0 Å². The summed E-state index contributed by atoms with van der Waals surface area (Å²) in [6, 6.07) is 4.52. The fourth-order valence-electron chi connectivity index (χ4n) is 2.22. The number of nitrogens with zero attached hydrogens (tertiary/aromatic N) is 3. The summed E-state index contributed by atoms with van der Waals surface area (Å²) in [5, 5.41) is 21.4. The quantitative estimate of drug-likeness (QED) is 0.668. The van der Waals surface area contributed by atoms with E-state index < -0.39 is 11.0 Å². The molecule has 3 rings (SSSR count). The van der Waals surface area contributed by atoms with Crippen LogP contribution in [0.5, 0.6) is 0 Å². The summed E-state index contributed by atoms with van der Waals surface area (Å²) in [5.41, 5.74) is 1.36. The topological polar surface area (TPSA) is 89.2 Å². The Kier molecular flexibility index (Phi) is 2.87. The van der Waals surface area contributed by atoms with Crippen molar-refractivity contribution in [2.75, 3.05) is 0 Å². The molecule has 0 amide bonds. The second-order valence-electron chi connectivity index (χ2n) is 4.89. The summed E-state index contributed by atoms with van der Waals surface area (Å²) >= 11 is 0. The van der Waals surface area contributed by atoms with Crippen molar-refractivity contribution in [3.05, 3.63) is 40.3 Å². The van der Waals surface area contributed by atoms with Crippen LogP contribution < -0.4 is 0 Å². The third-order valence-electron chi connectivity index (χ3n) is 3.48. The van der Waals surface area contributed by atoms with E-state index in [1.54, 1.807) is 6.07 Å². The Hall–Kier alpha value is -2.08. The first kappa shape index (κ1) is 12.0. The molecular formula is C13H13N3O3. The molecule has 1 aromatic carbocycles. The van der Waals surface area contributed by atoms with Gasteiger partial charge in [-0.2, -0.15) is 0 Å². The van der Waals surface area contributed by atoms with Crippen LogP contribution in [0.3, 0.4) is 0 Å². The number of hydrogen-bond donors (Lipinski definition) is 1. The maximum atomic E-state index is 10.8. The van der Waals surface area contributed by atoms with E-state index in [1.165, 1.54) is 18.5 Å². The molecule has 1 saturated carbocycles. The van der Waals surface area contributed by atoms with Gasteiger partial charge in [-0.25, -0.2) is 9.97 Å². The Labute approximate surface area is 109 Å². The number of hydrogen-bond acceptors (Lipinski definition) is 5. The zero-order valence-electron chi connectivity index (χ0n) is 10.2. The van der Waals surface area contributed by atoms with Crippen molar-refractivity contribution >= 4 is 16.6 Å². The molecule has 1 atom stereocenters. The minimum absolute atomic E-state index is 0.0180. The molecule has 1 heterocycles. The molecule has 1 aliphatic rings. The van der Waals surface area contributed by atoms with Gasteiger partial charge in [0, 0.05) is 23.9 Å². The van der Waals surface area contributed by atoms with Crippen molar-refractivity contribution in [2.45, 2.75) is 25.4 Å². The lowest BCUT2D eigenvalue weighted by Crippen LogP contribution is -2.14. The summed E-state index contributed by atoms with van der Waals surface area (Å²) in [5.74, 6) is 0.351. The van der Waals surface area contributed by atoms with Crippen LogP contribution in [-0.2, 0) is 6.42 Å². The summed E-state index contributed by atoms with van der Waals surface area (Å²) in [6.45, 7) is 0. The van der Waals surface area contributed by atoms with Gasteiger partial charge in [-0.1, -0.05) is 0 Å². The molecule has 1 unspecified atom stereocenters. The number of nitro benzene ring substituents is 1. The van der Waals surface area contributed by atoms with E-state index in [9.17, 15) is 15.2 Å². The molecule has 19 heavy (non-hydrogen) atoms. The zero-order valence-corrected chi connectivity index (χ0v) is 10.2. The van der Waals surface area contributed by atoms with Crippen molar-refractivity contribution in [3.8, 4) is 0 Å². The van der Waals surface area contributed by atoms with Crippen molar-refractivity contribution in [3.63, 3.8) is 0 Å². The van der Waals surface area contributed by atoms with Gasteiger partial charge in [0.25, 0.3) is 5.69 Å². The lowest BCUT2D eigenvalue weighted by molar-refractivity contribution is -0.384. The summed E-state index contributed by atoms with van der Waals surface area (Å²) < 4.78 is 0. The van der Waals surface area contributed by atoms with Gasteiger partial charge in [0.05, 0.1) is 22.2 Å². The molecule has 0 aliphatic heterocycles.